The summed E-state index contributed by atoms with van der Waals surface area (Å²) >= 11 is 0. The van der Waals surface area contributed by atoms with Crippen molar-refractivity contribution in [2.75, 3.05) is 6.61 Å². The molecule has 0 saturated carbocycles. The summed E-state index contributed by atoms with van der Waals surface area (Å²) in [5, 5.41) is 11.6. The Hall–Kier alpha value is -2.83. The van der Waals surface area contributed by atoms with Crippen LogP contribution >= 0.6 is 0 Å². The third kappa shape index (κ3) is 4.34. The number of guanidine groups is 1. The Kier molecular flexibility index (Phi) is 4.92. The van der Waals surface area contributed by atoms with E-state index in [2.05, 4.69) is 15.3 Å². The predicted molar refractivity (Wildman–Crippen MR) is 82.3 cm³/mol. The van der Waals surface area contributed by atoms with Crippen LogP contribution in [0.1, 0.15) is 18.1 Å². The molecule has 0 aliphatic carbocycles. The maximum atomic E-state index is 5.63. The summed E-state index contributed by atoms with van der Waals surface area (Å²) in [5.74, 6) is 0.751. The van der Waals surface area contributed by atoms with Crippen LogP contribution < -0.4 is 16.2 Å². The van der Waals surface area contributed by atoms with Gasteiger partial charge in [0.05, 0.1) is 19.4 Å². The van der Waals surface area contributed by atoms with Crippen molar-refractivity contribution in [1.29, 1.82) is 0 Å². The first-order chi connectivity index (χ1) is 10.2. The highest BCUT2D eigenvalue weighted by molar-refractivity contribution is 5.82. The van der Waals surface area contributed by atoms with Gasteiger partial charge in [0.2, 0.25) is 5.96 Å². The van der Waals surface area contributed by atoms with Crippen LogP contribution in [-0.2, 0) is 6.54 Å². The molecule has 0 aliphatic rings. The first kappa shape index (κ1) is 14.6. The van der Waals surface area contributed by atoms with Gasteiger partial charge in [-0.15, -0.1) is 5.10 Å². The number of benzene rings is 1. The monoisotopic (exact) mass is 286 g/mol. The van der Waals surface area contributed by atoms with E-state index in [1.807, 2.05) is 42.1 Å². The fraction of sp³-hybridized carbons (Fsp3) is 0.214. The largest absolute Gasteiger partial charge is 0.494 e. The van der Waals surface area contributed by atoms with Gasteiger partial charge >= 0.3 is 0 Å². The van der Waals surface area contributed by atoms with Crippen LogP contribution in [0.25, 0.3) is 0 Å². The summed E-state index contributed by atoms with van der Waals surface area (Å²) < 4.78 is 7.46. The molecule has 1 heterocycles. The minimum Gasteiger partial charge on any atom is -0.494 e. The lowest BCUT2D eigenvalue weighted by molar-refractivity contribution is 0.335. The SMILES string of the molecule is CCOc1ccc(C=NN=C(N)N)cc1Cn1cccn1. The van der Waals surface area contributed by atoms with Gasteiger partial charge in [0.15, 0.2) is 0 Å². The van der Waals surface area contributed by atoms with Crippen molar-refractivity contribution in [3.05, 3.63) is 47.8 Å². The van der Waals surface area contributed by atoms with E-state index in [4.69, 9.17) is 16.2 Å². The molecule has 0 spiro atoms. The van der Waals surface area contributed by atoms with E-state index in [0.29, 0.717) is 13.2 Å². The maximum Gasteiger partial charge on any atom is 0.211 e. The Bertz CT molecular complexity index is 629. The van der Waals surface area contributed by atoms with Crippen molar-refractivity contribution in [2.45, 2.75) is 13.5 Å². The normalized spacial score (nSPS) is 10.7. The van der Waals surface area contributed by atoms with Crippen LogP contribution in [0.4, 0.5) is 0 Å². The second-order valence-electron chi connectivity index (χ2n) is 4.27. The molecule has 7 nitrogen and oxygen atoms in total. The molecular formula is C14H18N6O. The highest BCUT2D eigenvalue weighted by atomic mass is 16.5. The molecule has 110 valence electrons. The average Bonchev–Trinajstić information content (AvgIpc) is 2.94. The van der Waals surface area contributed by atoms with Crippen LogP contribution in [0.3, 0.4) is 0 Å². The number of ether oxygens (including phenoxy) is 1. The summed E-state index contributed by atoms with van der Waals surface area (Å²) in [7, 11) is 0. The van der Waals surface area contributed by atoms with Gasteiger partial charge in [-0.2, -0.15) is 10.2 Å². The van der Waals surface area contributed by atoms with Crippen LogP contribution in [0.2, 0.25) is 0 Å². The van der Waals surface area contributed by atoms with Crippen LogP contribution in [0, 0.1) is 0 Å². The summed E-state index contributed by atoms with van der Waals surface area (Å²) in [5.41, 5.74) is 12.3. The lowest BCUT2D eigenvalue weighted by atomic mass is 10.1. The standard InChI is InChI=1S/C14H18N6O/c1-2-21-13-5-4-11(9-17-19-14(15)16)8-12(13)10-20-7-3-6-18-20/h3-9H,2,10H2,1H3,(H4,15,16,19). The molecule has 0 amide bonds. The van der Waals surface area contributed by atoms with Crippen LogP contribution in [-0.4, -0.2) is 28.6 Å². The second-order valence-corrected chi connectivity index (χ2v) is 4.27. The van der Waals surface area contributed by atoms with E-state index in [1.54, 1.807) is 12.4 Å². The van der Waals surface area contributed by atoms with Gasteiger partial charge in [0.1, 0.15) is 5.75 Å². The Labute approximate surface area is 122 Å². The van der Waals surface area contributed by atoms with Crippen molar-refractivity contribution < 1.29 is 4.74 Å². The van der Waals surface area contributed by atoms with Gasteiger partial charge in [-0.1, -0.05) is 0 Å². The fourth-order valence-electron chi connectivity index (χ4n) is 1.83. The number of nitrogens with zero attached hydrogens (tertiary/aromatic N) is 4. The van der Waals surface area contributed by atoms with Gasteiger partial charge in [0.25, 0.3) is 0 Å². The molecule has 1 aromatic heterocycles. The molecule has 21 heavy (non-hydrogen) atoms. The second kappa shape index (κ2) is 7.09. The third-order valence-electron chi connectivity index (χ3n) is 2.66. The Morgan fingerprint density at radius 1 is 1.43 bits per heavy atom. The summed E-state index contributed by atoms with van der Waals surface area (Å²) in [6.07, 6.45) is 5.22. The number of rotatable bonds is 6. The van der Waals surface area contributed by atoms with Gasteiger partial charge in [-0.25, -0.2) is 0 Å². The molecule has 2 rings (SSSR count). The van der Waals surface area contributed by atoms with Gasteiger partial charge in [0, 0.05) is 18.0 Å². The van der Waals surface area contributed by atoms with Gasteiger partial charge in [-0.05, 0) is 36.8 Å². The lowest BCUT2D eigenvalue weighted by Crippen LogP contribution is -2.21. The lowest BCUT2D eigenvalue weighted by Gasteiger charge is -2.11. The first-order valence-corrected chi connectivity index (χ1v) is 6.54. The predicted octanol–water partition coefficient (Wildman–Crippen LogP) is 0.937. The quantitative estimate of drug-likeness (QED) is 0.468. The number of nitrogens with two attached hydrogens (primary N) is 2. The first-order valence-electron chi connectivity index (χ1n) is 6.54. The highest BCUT2D eigenvalue weighted by Gasteiger charge is 2.05. The Morgan fingerprint density at radius 3 is 2.95 bits per heavy atom. The summed E-state index contributed by atoms with van der Waals surface area (Å²) in [6, 6.07) is 7.64. The van der Waals surface area contributed by atoms with Crippen molar-refractivity contribution in [3.63, 3.8) is 0 Å². The maximum absolute atomic E-state index is 5.63. The van der Waals surface area contributed by atoms with E-state index in [-0.39, 0.29) is 5.96 Å². The molecule has 1 aromatic carbocycles. The molecule has 0 radical (unpaired) electrons. The molecule has 0 saturated heterocycles. The van der Waals surface area contributed by atoms with Crippen molar-refractivity contribution >= 4 is 12.2 Å². The zero-order chi connectivity index (χ0) is 15.1. The zero-order valence-corrected chi connectivity index (χ0v) is 11.8. The smallest absolute Gasteiger partial charge is 0.211 e. The minimum absolute atomic E-state index is 0.0750. The van der Waals surface area contributed by atoms with E-state index in [1.165, 1.54) is 0 Å². The molecule has 7 heteroatoms. The number of aromatic nitrogens is 2. The van der Waals surface area contributed by atoms with E-state index in [9.17, 15) is 0 Å². The average molecular weight is 286 g/mol. The number of hydrogen-bond acceptors (Lipinski definition) is 4. The summed E-state index contributed by atoms with van der Waals surface area (Å²) in [6.45, 7) is 3.17. The molecule has 0 bridgehead atoms. The molecular weight excluding hydrogens is 268 g/mol. The third-order valence-corrected chi connectivity index (χ3v) is 2.66. The molecule has 0 atom stereocenters. The number of hydrogen-bond donors (Lipinski definition) is 2. The van der Waals surface area contributed by atoms with Crippen molar-refractivity contribution in [2.24, 2.45) is 21.7 Å². The Balaban J connectivity index is 2.25. The van der Waals surface area contributed by atoms with Crippen molar-refractivity contribution in [1.82, 2.24) is 9.78 Å². The molecule has 2 aromatic rings. The van der Waals surface area contributed by atoms with Crippen molar-refractivity contribution in [3.8, 4) is 5.75 Å². The topological polar surface area (TPSA) is 104 Å². The summed E-state index contributed by atoms with van der Waals surface area (Å²) in [4.78, 5) is 0. The minimum atomic E-state index is -0.0750. The molecule has 0 fully saturated rings. The van der Waals surface area contributed by atoms with E-state index < -0.39 is 0 Å². The molecule has 4 N–H and O–H groups in total. The fourth-order valence-corrected chi connectivity index (χ4v) is 1.83. The van der Waals surface area contributed by atoms with Gasteiger partial charge in [-0.3, -0.25) is 4.68 Å². The molecule has 0 unspecified atom stereocenters. The Morgan fingerprint density at radius 2 is 2.29 bits per heavy atom. The van der Waals surface area contributed by atoms with Crippen LogP contribution in [0.15, 0.2) is 46.9 Å². The van der Waals surface area contributed by atoms with E-state index >= 15 is 0 Å². The highest BCUT2D eigenvalue weighted by Crippen LogP contribution is 2.20. The molecule has 0 aliphatic heterocycles. The zero-order valence-electron chi connectivity index (χ0n) is 11.8. The van der Waals surface area contributed by atoms with E-state index in [0.717, 1.165) is 16.9 Å². The van der Waals surface area contributed by atoms with Gasteiger partial charge < -0.3 is 16.2 Å². The van der Waals surface area contributed by atoms with Crippen LogP contribution in [0.5, 0.6) is 5.75 Å².